The predicted octanol–water partition coefficient (Wildman–Crippen LogP) is 3.70. The van der Waals surface area contributed by atoms with Crippen LogP contribution in [0, 0.1) is 23.1 Å². The topological polar surface area (TPSA) is 27.0 Å². The maximum absolute atomic E-state index is 14.1. The number of nitrogens with zero attached hydrogens (tertiary/aromatic N) is 2. The summed E-state index contributed by atoms with van der Waals surface area (Å²) >= 11 is 3.15. The van der Waals surface area contributed by atoms with Crippen LogP contribution >= 0.6 is 15.9 Å². The van der Waals surface area contributed by atoms with Gasteiger partial charge >= 0.3 is 0 Å². The second-order valence-electron chi connectivity index (χ2n) is 4.54. The van der Waals surface area contributed by atoms with Crippen molar-refractivity contribution in [3.05, 3.63) is 28.0 Å². The zero-order chi connectivity index (χ0) is 12.4. The largest absolute Gasteiger partial charge is 0.369 e. The van der Waals surface area contributed by atoms with Gasteiger partial charge in [0.05, 0.1) is 15.7 Å². The molecule has 0 aromatic heterocycles. The highest BCUT2D eigenvalue weighted by molar-refractivity contribution is 9.10. The highest BCUT2D eigenvalue weighted by atomic mass is 79.9. The second-order valence-corrected chi connectivity index (χ2v) is 5.33. The summed E-state index contributed by atoms with van der Waals surface area (Å²) in [7, 11) is 0. The Labute approximate surface area is 109 Å². The van der Waals surface area contributed by atoms with Crippen LogP contribution in [0.4, 0.5) is 10.1 Å². The maximum atomic E-state index is 14.1. The first-order valence-electron chi connectivity index (χ1n) is 5.76. The van der Waals surface area contributed by atoms with Crippen molar-refractivity contribution in [2.45, 2.75) is 19.8 Å². The van der Waals surface area contributed by atoms with Crippen molar-refractivity contribution in [3.8, 4) is 6.07 Å². The van der Waals surface area contributed by atoms with Crippen LogP contribution in [-0.2, 0) is 0 Å². The van der Waals surface area contributed by atoms with Gasteiger partial charge in [0.1, 0.15) is 6.07 Å². The number of nitriles is 1. The van der Waals surface area contributed by atoms with E-state index in [1.54, 1.807) is 12.1 Å². The van der Waals surface area contributed by atoms with E-state index in [-0.39, 0.29) is 10.3 Å². The average molecular weight is 297 g/mol. The minimum absolute atomic E-state index is 0.274. The highest BCUT2D eigenvalue weighted by Gasteiger charge is 2.20. The highest BCUT2D eigenvalue weighted by Crippen LogP contribution is 2.31. The molecule has 1 fully saturated rings. The van der Waals surface area contributed by atoms with Crippen LogP contribution in [0.3, 0.4) is 0 Å². The van der Waals surface area contributed by atoms with Crippen molar-refractivity contribution < 1.29 is 4.39 Å². The first-order valence-corrected chi connectivity index (χ1v) is 6.56. The van der Waals surface area contributed by atoms with E-state index in [4.69, 9.17) is 5.26 Å². The molecule has 17 heavy (non-hydrogen) atoms. The molecule has 1 saturated heterocycles. The van der Waals surface area contributed by atoms with Crippen LogP contribution in [0.5, 0.6) is 0 Å². The van der Waals surface area contributed by atoms with Crippen molar-refractivity contribution in [1.82, 2.24) is 0 Å². The fraction of sp³-hybridized carbons (Fsp3) is 0.462. The van der Waals surface area contributed by atoms with Gasteiger partial charge in [-0.3, -0.25) is 0 Å². The minimum atomic E-state index is -0.321. The average Bonchev–Trinajstić information content (AvgIpc) is 2.34. The summed E-state index contributed by atoms with van der Waals surface area (Å²) < 4.78 is 14.4. The third-order valence-corrected chi connectivity index (χ3v) is 4.08. The van der Waals surface area contributed by atoms with E-state index in [1.165, 1.54) is 0 Å². The third-order valence-electron chi connectivity index (χ3n) is 3.31. The van der Waals surface area contributed by atoms with E-state index in [9.17, 15) is 4.39 Å². The summed E-state index contributed by atoms with van der Waals surface area (Å²) in [6.07, 6.45) is 2.19. The molecule has 0 spiro atoms. The van der Waals surface area contributed by atoms with Gasteiger partial charge in [0, 0.05) is 13.1 Å². The number of halogens is 2. The van der Waals surface area contributed by atoms with Crippen LogP contribution in [0.1, 0.15) is 25.3 Å². The summed E-state index contributed by atoms with van der Waals surface area (Å²) in [6.45, 7) is 4.00. The Hall–Kier alpha value is -1.08. The molecular formula is C13H14BrFN2. The molecular weight excluding hydrogens is 283 g/mol. The first kappa shape index (κ1) is 12.4. The molecule has 0 saturated carbocycles. The molecule has 0 radical (unpaired) electrons. The third kappa shape index (κ3) is 2.44. The first-order chi connectivity index (χ1) is 8.13. The monoisotopic (exact) mass is 296 g/mol. The molecule has 0 bridgehead atoms. The van der Waals surface area contributed by atoms with Gasteiger partial charge in [-0.05, 0) is 46.8 Å². The number of benzene rings is 1. The Morgan fingerprint density at radius 2 is 2.06 bits per heavy atom. The van der Waals surface area contributed by atoms with Crippen LogP contribution in [0.15, 0.2) is 16.6 Å². The molecule has 1 heterocycles. The Balaban J connectivity index is 2.28. The van der Waals surface area contributed by atoms with E-state index in [1.807, 2.05) is 6.07 Å². The van der Waals surface area contributed by atoms with Gasteiger partial charge in [0.25, 0.3) is 0 Å². The van der Waals surface area contributed by atoms with E-state index in [0.717, 1.165) is 31.8 Å². The standard InChI is InChI=1S/C13H14BrFN2/c1-9-4-6-17(7-5-9)11-3-2-10(8-16)12(14)13(11)15/h2-3,9H,4-7H2,1H3. The zero-order valence-corrected chi connectivity index (χ0v) is 11.3. The van der Waals surface area contributed by atoms with Crippen LogP contribution in [0.25, 0.3) is 0 Å². The SMILES string of the molecule is CC1CCN(c2ccc(C#N)c(Br)c2F)CC1. The van der Waals surface area contributed by atoms with Gasteiger partial charge in [0.2, 0.25) is 0 Å². The molecule has 0 atom stereocenters. The van der Waals surface area contributed by atoms with Crippen LogP contribution in [-0.4, -0.2) is 13.1 Å². The van der Waals surface area contributed by atoms with E-state index < -0.39 is 0 Å². The summed E-state index contributed by atoms with van der Waals surface area (Å²) in [5, 5.41) is 8.82. The van der Waals surface area contributed by atoms with E-state index in [0.29, 0.717) is 11.3 Å². The number of anilines is 1. The zero-order valence-electron chi connectivity index (χ0n) is 9.71. The Kier molecular flexibility index (Phi) is 3.68. The lowest BCUT2D eigenvalue weighted by Gasteiger charge is -2.32. The second kappa shape index (κ2) is 5.05. The summed E-state index contributed by atoms with van der Waals surface area (Å²) in [6, 6.07) is 5.34. The fourth-order valence-corrected chi connectivity index (χ4v) is 2.54. The maximum Gasteiger partial charge on any atom is 0.161 e. The number of piperidine rings is 1. The molecule has 1 aliphatic rings. The van der Waals surface area contributed by atoms with Crippen molar-refractivity contribution >= 4 is 21.6 Å². The Bertz CT molecular complexity index is 459. The molecule has 0 N–H and O–H groups in total. The summed E-state index contributed by atoms with van der Waals surface area (Å²) in [5.41, 5.74) is 0.944. The molecule has 1 aromatic rings. The minimum Gasteiger partial charge on any atom is -0.369 e. The molecule has 0 unspecified atom stereocenters. The summed E-state index contributed by atoms with van der Waals surface area (Å²) in [4.78, 5) is 2.06. The molecule has 0 amide bonds. The van der Waals surface area contributed by atoms with Gasteiger partial charge in [-0.1, -0.05) is 6.92 Å². The van der Waals surface area contributed by atoms with Crippen molar-refractivity contribution in [2.24, 2.45) is 5.92 Å². The lowest BCUT2D eigenvalue weighted by molar-refractivity contribution is 0.434. The van der Waals surface area contributed by atoms with Gasteiger partial charge in [-0.25, -0.2) is 4.39 Å². The van der Waals surface area contributed by atoms with E-state index >= 15 is 0 Å². The number of rotatable bonds is 1. The lowest BCUT2D eigenvalue weighted by atomic mass is 9.98. The Morgan fingerprint density at radius 1 is 1.41 bits per heavy atom. The molecule has 90 valence electrons. The van der Waals surface area contributed by atoms with Gasteiger partial charge in [-0.2, -0.15) is 5.26 Å². The Morgan fingerprint density at radius 3 is 2.65 bits per heavy atom. The molecule has 1 aromatic carbocycles. The van der Waals surface area contributed by atoms with E-state index in [2.05, 4.69) is 27.8 Å². The molecule has 0 aliphatic carbocycles. The van der Waals surface area contributed by atoms with Crippen molar-refractivity contribution in [2.75, 3.05) is 18.0 Å². The van der Waals surface area contributed by atoms with Gasteiger partial charge in [-0.15, -0.1) is 0 Å². The van der Waals surface area contributed by atoms with Gasteiger partial charge in [0.15, 0.2) is 5.82 Å². The van der Waals surface area contributed by atoms with Crippen LogP contribution in [0.2, 0.25) is 0 Å². The quantitative estimate of drug-likeness (QED) is 0.790. The molecule has 1 aliphatic heterocycles. The normalized spacial score (nSPS) is 16.9. The van der Waals surface area contributed by atoms with Crippen LogP contribution < -0.4 is 4.90 Å². The van der Waals surface area contributed by atoms with Gasteiger partial charge < -0.3 is 4.90 Å². The van der Waals surface area contributed by atoms with Crippen molar-refractivity contribution in [1.29, 1.82) is 5.26 Å². The predicted molar refractivity (Wildman–Crippen MR) is 69.4 cm³/mol. The van der Waals surface area contributed by atoms with Crippen molar-refractivity contribution in [3.63, 3.8) is 0 Å². The molecule has 4 heteroatoms. The fourth-order valence-electron chi connectivity index (χ4n) is 2.12. The lowest BCUT2D eigenvalue weighted by Crippen LogP contribution is -2.33. The molecule has 2 nitrogen and oxygen atoms in total. The summed E-state index contributed by atoms with van der Waals surface area (Å²) in [5.74, 6) is 0.398. The molecule has 2 rings (SSSR count). The number of hydrogen-bond donors (Lipinski definition) is 0. The smallest absolute Gasteiger partial charge is 0.161 e. The number of hydrogen-bond acceptors (Lipinski definition) is 2.